The van der Waals surface area contributed by atoms with E-state index in [0.717, 1.165) is 24.0 Å². The van der Waals surface area contributed by atoms with Gasteiger partial charge in [0.25, 0.3) is 0 Å². The van der Waals surface area contributed by atoms with Gasteiger partial charge in [0.1, 0.15) is 0 Å². The number of hydrogen-bond acceptors (Lipinski definition) is 4. The molecule has 2 N–H and O–H groups in total. The van der Waals surface area contributed by atoms with Crippen LogP contribution in [-0.2, 0) is 17.6 Å². The van der Waals surface area contributed by atoms with Crippen molar-refractivity contribution in [2.24, 2.45) is 0 Å². The Balaban J connectivity index is 0.000000251. The van der Waals surface area contributed by atoms with Gasteiger partial charge in [-0.2, -0.15) is 10.5 Å². The second-order valence-electron chi connectivity index (χ2n) is 5.35. The van der Waals surface area contributed by atoms with Gasteiger partial charge in [-0.25, -0.2) is 0 Å². The van der Waals surface area contributed by atoms with Crippen molar-refractivity contribution in [2.75, 3.05) is 6.61 Å². The monoisotopic (exact) mass is 336 g/mol. The Labute approximate surface area is 147 Å². The van der Waals surface area contributed by atoms with Crippen LogP contribution in [0.15, 0.2) is 48.5 Å². The van der Waals surface area contributed by atoms with Crippen LogP contribution >= 0.6 is 0 Å². The summed E-state index contributed by atoms with van der Waals surface area (Å²) in [6.07, 6.45) is 2.18. The minimum Gasteiger partial charge on any atom is -0.481 e. The molecule has 2 aromatic carbocycles. The molecule has 0 bridgehead atoms. The molecule has 0 radical (unpaired) electrons. The molecule has 5 nitrogen and oxygen atoms in total. The average molecular weight is 336 g/mol. The highest BCUT2D eigenvalue weighted by molar-refractivity contribution is 5.67. The number of aliphatic hydroxyl groups excluding tert-OH is 1. The van der Waals surface area contributed by atoms with Crippen LogP contribution in [-0.4, -0.2) is 22.8 Å². The van der Waals surface area contributed by atoms with Gasteiger partial charge in [-0.1, -0.05) is 24.3 Å². The Morgan fingerprint density at radius 1 is 0.920 bits per heavy atom. The molecule has 0 aromatic heterocycles. The van der Waals surface area contributed by atoms with Gasteiger partial charge in [-0.3, -0.25) is 4.79 Å². The predicted molar refractivity (Wildman–Crippen MR) is 93.7 cm³/mol. The van der Waals surface area contributed by atoms with Gasteiger partial charge in [-0.15, -0.1) is 0 Å². The lowest BCUT2D eigenvalue weighted by Gasteiger charge is -1.98. The molecule has 2 aromatic rings. The summed E-state index contributed by atoms with van der Waals surface area (Å²) in [5.41, 5.74) is 3.26. The van der Waals surface area contributed by atoms with E-state index in [1.807, 2.05) is 30.3 Å². The maximum Gasteiger partial charge on any atom is 0.303 e. The summed E-state index contributed by atoms with van der Waals surface area (Å²) in [7, 11) is 0. The SMILES string of the molecule is N#Cc1cccc(CCC(=O)O)c1.N#Cc1cccc(CCCO)c1. The predicted octanol–water partition coefficient (Wildman–Crippen LogP) is 3.06. The number of nitriles is 2. The molecule has 0 saturated carbocycles. The van der Waals surface area contributed by atoms with E-state index in [4.69, 9.17) is 20.7 Å². The summed E-state index contributed by atoms with van der Waals surface area (Å²) in [4.78, 5) is 10.3. The van der Waals surface area contributed by atoms with E-state index < -0.39 is 5.97 Å². The van der Waals surface area contributed by atoms with Gasteiger partial charge >= 0.3 is 5.97 Å². The first-order chi connectivity index (χ1) is 12.1. The van der Waals surface area contributed by atoms with Gasteiger partial charge in [0.05, 0.1) is 23.3 Å². The van der Waals surface area contributed by atoms with E-state index in [1.54, 1.807) is 24.3 Å². The fraction of sp³-hybridized carbons (Fsp3) is 0.250. The number of hydrogen-bond donors (Lipinski definition) is 2. The number of aliphatic hydroxyl groups is 1. The fourth-order valence-corrected chi connectivity index (χ4v) is 2.13. The van der Waals surface area contributed by atoms with Gasteiger partial charge in [0.2, 0.25) is 0 Å². The van der Waals surface area contributed by atoms with Gasteiger partial charge in [0.15, 0.2) is 0 Å². The molecule has 0 aliphatic heterocycles. The smallest absolute Gasteiger partial charge is 0.303 e. The summed E-state index contributed by atoms with van der Waals surface area (Å²) in [5.74, 6) is -0.817. The average Bonchev–Trinajstić information content (AvgIpc) is 2.65. The number of rotatable bonds is 6. The Hall–Kier alpha value is -3.15. The van der Waals surface area contributed by atoms with Crippen molar-refractivity contribution in [3.63, 3.8) is 0 Å². The van der Waals surface area contributed by atoms with Crippen LogP contribution in [0.1, 0.15) is 35.1 Å². The topological polar surface area (TPSA) is 105 Å². The zero-order chi connectivity index (χ0) is 18.5. The van der Waals surface area contributed by atoms with Crippen molar-refractivity contribution in [2.45, 2.75) is 25.7 Å². The molecule has 0 aliphatic carbocycles. The largest absolute Gasteiger partial charge is 0.481 e. The van der Waals surface area contributed by atoms with Crippen molar-refractivity contribution in [1.82, 2.24) is 0 Å². The highest BCUT2D eigenvalue weighted by Crippen LogP contribution is 2.07. The van der Waals surface area contributed by atoms with E-state index in [9.17, 15) is 4.79 Å². The lowest BCUT2D eigenvalue weighted by atomic mass is 10.1. The standard InChI is InChI=1S/C10H9NO2.C10H11NO/c11-7-9-3-1-2-8(6-9)4-5-10(12)13;11-8-10-4-1-3-9(7-10)5-2-6-12/h1-3,6H,4-5H2,(H,12,13);1,3-4,7,12H,2,5-6H2. The van der Waals surface area contributed by atoms with E-state index in [1.165, 1.54) is 0 Å². The third-order valence-electron chi connectivity index (χ3n) is 3.36. The van der Waals surface area contributed by atoms with Crippen molar-refractivity contribution in [3.05, 3.63) is 70.8 Å². The molecule has 2 rings (SSSR count). The number of carboxylic acids is 1. The Morgan fingerprint density at radius 2 is 1.44 bits per heavy atom. The molecule has 0 fully saturated rings. The summed E-state index contributed by atoms with van der Waals surface area (Å²) in [5, 5.41) is 34.2. The molecule has 5 heteroatoms. The van der Waals surface area contributed by atoms with Crippen molar-refractivity contribution in [1.29, 1.82) is 10.5 Å². The molecule has 0 saturated heterocycles. The van der Waals surface area contributed by atoms with E-state index in [0.29, 0.717) is 17.5 Å². The highest BCUT2D eigenvalue weighted by atomic mass is 16.4. The molecule has 0 spiro atoms. The molecule has 0 heterocycles. The lowest BCUT2D eigenvalue weighted by Crippen LogP contribution is -1.97. The molecule has 0 amide bonds. The maximum absolute atomic E-state index is 10.3. The molecular formula is C20H20N2O3. The maximum atomic E-state index is 10.3. The van der Waals surface area contributed by atoms with E-state index in [2.05, 4.69) is 6.07 Å². The highest BCUT2D eigenvalue weighted by Gasteiger charge is 1.99. The summed E-state index contributed by atoms with van der Waals surface area (Å²) >= 11 is 0. The molecular weight excluding hydrogens is 316 g/mol. The van der Waals surface area contributed by atoms with Crippen LogP contribution < -0.4 is 0 Å². The number of benzene rings is 2. The normalized spacial score (nSPS) is 9.24. The summed E-state index contributed by atoms with van der Waals surface area (Å²) in [6.45, 7) is 0.205. The van der Waals surface area contributed by atoms with Crippen molar-refractivity contribution < 1.29 is 15.0 Å². The first-order valence-electron chi connectivity index (χ1n) is 7.89. The lowest BCUT2D eigenvalue weighted by molar-refractivity contribution is -0.136. The van der Waals surface area contributed by atoms with Gasteiger partial charge in [0, 0.05) is 13.0 Å². The van der Waals surface area contributed by atoms with Crippen LogP contribution in [0.5, 0.6) is 0 Å². The van der Waals surface area contributed by atoms with E-state index >= 15 is 0 Å². The van der Waals surface area contributed by atoms with Gasteiger partial charge in [-0.05, 0) is 54.7 Å². The first-order valence-corrected chi connectivity index (χ1v) is 7.89. The zero-order valence-electron chi connectivity index (χ0n) is 13.9. The Kier molecular flexibility index (Phi) is 9.07. The van der Waals surface area contributed by atoms with E-state index in [-0.39, 0.29) is 13.0 Å². The van der Waals surface area contributed by atoms with Crippen molar-refractivity contribution >= 4 is 5.97 Å². The zero-order valence-corrected chi connectivity index (χ0v) is 13.9. The summed E-state index contributed by atoms with van der Waals surface area (Å²) in [6, 6.07) is 18.6. The Morgan fingerprint density at radius 3 is 1.88 bits per heavy atom. The number of aryl methyl sites for hydroxylation is 2. The van der Waals surface area contributed by atoms with Gasteiger partial charge < -0.3 is 10.2 Å². The third-order valence-corrected chi connectivity index (χ3v) is 3.36. The third kappa shape index (κ3) is 8.31. The first kappa shape index (κ1) is 19.9. The molecule has 0 aliphatic rings. The second-order valence-corrected chi connectivity index (χ2v) is 5.35. The quantitative estimate of drug-likeness (QED) is 0.843. The minimum absolute atomic E-state index is 0.106. The Bertz CT molecular complexity index is 773. The van der Waals surface area contributed by atoms with Crippen LogP contribution in [0.25, 0.3) is 0 Å². The molecule has 0 atom stereocenters. The molecule has 0 unspecified atom stereocenters. The number of nitrogens with zero attached hydrogens (tertiary/aromatic N) is 2. The number of carboxylic acid groups (broad SMARTS) is 1. The fourth-order valence-electron chi connectivity index (χ4n) is 2.13. The van der Waals surface area contributed by atoms with Crippen molar-refractivity contribution in [3.8, 4) is 12.1 Å². The molecule has 25 heavy (non-hydrogen) atoms. The summed E-state index contributed by atoms with van der Waals surface area (Å²) < 4.78 is 0. The number of carbonyl (C=O) groups is 1. The van der Waals surface area contributed by atoms with Crippen LogP contribution in [0.3, 0.4) is 0 Å². The minimum atomic E-state index is -0.817. The van der Waals surface area contributed by atoms with Crippen LogP contribution in [0, 0.1) is 22.7 Å². The van der Waals surface area contributed by atoms with Crippen LogP contribution in [0.4, 0.5) is 0 Å². The van der Waals surface area contributed by atoms with Crippen LogP contribution in [0.2, 0.25) is 0 Å². The molecule has 128 valence electrons. The second kappa shape index (κ2) is 11.4. The number of aliphatic carboxylic acids is 1.